The molecule has 1 atom stereocenters. The van der Waals surface area contributed by atoms with Gasteiger partial charge in [0.05, 0.1) is 6.04 Å². The molecule has 0 fully saturated rings. The number of rotatable bonds is 6. The summed E-state index contributed by atoms with van der Waals surface area (Å²) in [7, 11) is 0. The van der Waals surface area contributed by atoms with Crippen LogP contribution < -0.4 is 10.1 Å². The van der Waals surface area contributed by atoms with Crippen LogP contribution in [0.25, 0.3) is 0 Å². The van der Waals surface area contributed by atoms with Crippen molar-refractivity contribution in [1.29, 1.82) is 0 Å². The molecule has 1 aliphatic rings. The summed E-state index contributed by atoms with van der Waals surface area (Å²) in [5, 5.41) is 2.83. The van der Waals surface area contributed by atoms with Crippen molar-refractivity contribution >= 4 is 17.5 Å². The minimum absolute atomic E-state index is 0.0828. The molecular formula is C28H30N2O3. The lowest BCUT2D eigenvalue weighted by molar-refractivity contribution is -0.136. The minimum atomic E-state index is -0.217. The molecule has 0 aliphatic carbocycles. The van der Waals surface area contributed by atoms with Crippen molar-refractivity contribution in [3.63, 3.8) is 0 Å². The van der Waals surface area contributed by atoms with E-state index in [1.54, 1.807) is 0 Å². The second kappa shape index (κ2) is 9.90. The van der Waals surface area contributed by atoms with E-state index in [2.05, 4.69) is 42.6 Å². The van der Waals surface area contributed by atoms with E-state index >= 15 is 0 Å². The average molecular weight is 443 g/mol. The first-order valence-corrected chi connectivity index (χ1v) is 11.4. The van der Waals surface area contributed by atoms with Gasteiger partial charge in [0.25, 0.3) is 5.91 Å². The van der Waals surface area contributed by atoms with Crippen LogP contribution in [0.2, 0.25) is 0 Å². The first-order chi connectivity index (χ1) is 15.9. The molecule has 2 amide bonds. The summed E-state index contributed by atoms with van der Waals surface area (Å²) >= 11 is 0. The molecule has 1 N–H and O–H groups in total. The highest BCUT2D eigenvalue weighted by atomic mass is 16.5. The van der Waals surface area contributed by atoms with Crippen LogP contribution in [0.1, 0.15) is 42.1 Å². The third kappa shape index (κ3) is 5.25. The number of ether oxygens (including phenoxy) is 1. The molecule has 5 heteroatoms. The van der Waals surface area contributed by atoms with Gasteiger partial charge in [-0.3, -0.25) is 9.59 Å². The molecule has 0 radical (unpaired) electrons. The van der Waals surface area contributed by atoms with Gasteiger partial charge in [0.15, 0.2) is 6.61 Å². The summed E-state index contributed by atoms with van der Waals surface area (Å²) in [5.74, 6) is 0.457. The molecule has 0 aromatic heterocycles. The van der Waals surface area contributed by atoms with Crippen molar-refractivity contribution in [2.75, 3.05) is 18.5 Å². The van der Waals surface area contributed by atoms with Gasteiger partial charge >= 0.3 is 0 Å². The lowest BCUT2D eigenvalue weighted by Gasteiger charge is -2.39. The van der Waals surface area contributed by atoms with E-state index in [-0.39, 0.29) is 30.4 Å². The summed E-state index contributed by atoms with van der Waals surface area (Å²) in [5.41, 5.74) is 5.25. The third-order valence-corrected chi connectivity index (χ3v) is 5.94. The fourth-order valence-electron chi connectivity index (χ4n) is 4.23. The van der Waals surface area contributed by atoms with Gasteiger partial charge in [0.1, 0.15) is 5.75 Å². The van der Waals surface area contributed by atoms with Crippen molar-refractivity contribution in [2.45, 2.75) is 33.2 Å². The van der Waals surface area contributed by atoms with Crippen molar-refractivity contribution in [1.82, 2.24) is 4.90 Å². The average Bonchev–Trinajstić information content (AvgIpc) is 2.82. The maximum absolute atomic E-state index is 13.1. The summed E-state index contributed by atoms with van der Waals surface area (Å²) in [6, 6.07) is 23.4. The van der Waals surface area contributed by atoms with Crippen molar-refractivity contribution in [2.24, 2.45) is 5.92 Å². The van der Waals surface area contributed by atoms with Crippen LogP contribution in [0.3, 0.4) is 0 Å². The van der Waals surface area contributed by atoms with Gasteiger partial charge in [0, 0.05) is 18.2 Å². The number of anilines is 1. The zero-order valence-electron chi connectivity index (χ0n) is 19.4. The van der Waals surface area contributed by atoms with Crippen LogP contribution in [0, 0.1) is 12.8 Å². The molecule has 33 heavy (non-hydrogen) atoms. The number of carbonyl (C=O) groups is 2. The van der Waals surface area contributed by atoms with Crippen molar-refractivity contribution in [3.8, 4) is 5.75 Å². The molecule has 1 aliphatic heterocycles. The minimum Gasteiger partial charge on any atom is -0.484 e. The van der Waals surface area contributed by atoms with Crippen molar-refractivity contribution in [3.05, 3.63) is 95.1 Å². The van der Waals surface area contributed by atoms with Crippen LogP contribution in [-0.4, -0.2) is 29.9 Å². The Morgan fingerprint density at radius 3 is 2.45 bits per heavy atom. The highest BCUT2D eigenvalue weighted by molar-refractivity contribution is 5.91. The topological polar surface area (TPSA) is 58.6 Å². The highest BCUT2D eigenvalue weighted by Crippen LogP contribution is 2.38. The van der Waals surface area contributed by atoms with Gasteiger partial charge in [-0.25, -0.2) is 0 Å². The Labute approximate surface area is 195 Å². The standard InChI is InChI=1S/C28H30N2O3/c1-19(2)28(32)30-16-15-21-13-14-24(33-18-26(31)29-23-7-5-4-6-8-23)17-25(21)27(30)22-11-9-20(3)10-12-22/h4-14,17,19,27H,15-16,18H2,1-3H3,(H,29,31). The maximum atomic E-state index is 13.1. The number of fused-ring (bicyclic) bond motifs is 1. The fourth-order valence-corrected chi connectivity index (χ4v) is 4.23. The van der Waals surface area contributed by atoms with E-state index in [9.17, 15) is 9.59 Å². The number of para-hydroxylation sites is 1. The summed E-state index contributed by atoms with van der Waals surface area (Å²) < 4.78 is 5.84. The van der Waals surface area contributed by atoms with Crippen molar-refractivity contribution < 1.29 is 14.3 Å². The molecule has 1 heterocycles. The second-order valence-corrected chi connectivity index (χ2v) is 8.81. The molecule has 3 aromatic carbocycles. The van der Waals surface area contributed by atoms with Crippen LogP contribution in [0.15, 0.2) is 72.8 Å². The molecule has 5 nitrogen and oxygen atoms in total. The van der Waals surface area contributed by atoms with Crippen LogP contribution in [0.4, 0.5) is 5.69 Å². The summed E-state index contributed by atoms with van der Waals surface area (Å²) in [6.07, 6.45) is 0.797. The number of benzene rings is 3. The first-order valence-electron chi connectivity index (χ1n) is 11.4. The smallest absolute Gasteiger partial charge is 0.262 e. The van der Waals surface area contributed by atoms with E-state index in [0.717, 1.165) is 23.2 Å². The van der Waals surface area contributed by atoms with Gasteiger partial charge in [-0.2, -0.15) is 0 Å². The zero-order chi connectivity index (χ0) is 23.4. The summed E-state index contributed by atoms with van der Waals surface area (Å²) in [6.45, 7) is 6.53. The molecule has 170 valence electrons. The lowest BCUT2D eigenvalue weighted by atomic mass is 9.87. The predicted octanol–water partition coefficient (Wildman–Crippen LogP) is 5.14. The third-order valence-electron chi connectivity index (χ3n) is 5.94. The molecule has 0 spiro atoms. The summed E-state index contributed by atoms with van der Waals surface area (Å²) in [4.78, 5) is 27.4. The quantitative estimate of drug-likeness (QED) is 0.575. The Hall–Kier alpha value is -3.60. The van der Waals surface area contributed by atoms with Gasteiger partial charge < -0.3 is 15.0 Å². The molecule has 0 saturated heterocycles. The number of hydrogen-bond acceptors (Lipinski definition) is 3. The van der Waals surface area contributed by atoms with Crippen LogP contribution in [0.5, 0.6) is 5.75 Å². The number of hydrogen-bond donors (Lipinski definition) is 1. The van der Waals surface area contributed by atoms with Gasteiger partial charge in [-0.1, -0.05) is 67.9 Å². The number of nitrogens with zero attached hydrogens (tertiary/aromatic N) is 1. The molecule has 0 bridgehead atoms. The van der Waals surface area contributed by atoms with Crippen LogP contribution in [-0.2, 0) is 16.0 Å². The zero-order valence-corrected chi connectivity index (χ0v) is 19.4. The van der Waals surface area contributed by atoms with E-state index in [0.29, 0.717) is 12.3 Å². The second-order valence-electron chi connectivity index (χ2n) is 8.81. The SMILES string of the molecule is Cc1ccc(C2c3cc(OCC(=O)Nc4ccccc4)ccc3CCN2C(=O)C(C)C)cc1. The van der Waals surface area contributed by atoms with Gasteiger partial charge in [0.2, 0.25) is 5.91 Å². The highest BCUT2D eigenvalue weighted by Gasteiger charge is 2.33. The molecule has 0 saturated carbocycles. The predicted molar refractivity (Wildman–Crippen MR) is 130 cm³/mol. The number of carbonyl (C=O) groups excluding carboxylic acids is 2. The van der Waals surface area contributed by atoms with Gasteiger partial charge in [-0.15, -0.1) is 0 Å². The van der Waals surface area contributed by atoms with Gasteiger partial charge in [-0.05, 0) is 54.3 Å². The number of amides is 2. The Morgan fingerprint density at radius 2 is 1.76 bits per heavy atom. The Bertz CT molecular complexity index is 1120. The number of nitrogens with one attached hydrogen (secondary N) is 1. The molecule has 1 unspecified atom stereocenters. The number of aryl methyl sites for hydroxylation is 1. The maximum Gasteiger partial charge on any atom is 0.262 e. The van der Waals surface area contributed by atoms with E-state index in [1.165, 1.54) is 11.1 Å². The Kier molecular flexibility index (Phi) is 6.78. The first kappa shape index (κ1) is 22.6. The Morgan fingerprint density at radius 1 is 1.03 bits per heavy atom. The Balaban J connectivity index is 1.58. The van der Waals surface area contributed by atoms with E-state index in [1.807, 2.05) is 61.2 Å². The monoisotopic (exact) mass is 442 g/mol. The fraction of sp³-hybridized carbons (Fsp3) is 0.286. The molecule has 4 rings (SSSR count). The molecular weight excluding hydrogens is 412 g/mol. The molecule has 3 aromatic rings. The van der Waals surface area contributed by atoms with E-state index in [4.69, 9.17) is 4.74 Å². The lowest BCUT2D eigenvalue weighted by Crippen LogP contribution is -2.42. The van der Waals surface area contributed by atoms with Crippen LogP contribution >= 0.6 is 0 Å². The largest absolute Gasteiger partial charge is 0.484 e. The normalized spacial score (nSPS) is 15.2. The van der Waals surface area contributed by atoms with E-state index < -0.39 is 0 Å².